The zero-order valence-corrected chi connectivity index (χ0v) is 13.5. The first-order valence-corrected chi connectivity index (χ1v) is 7.49. The van der Waals surface area contributed by atoms with Crippen LogP contribution >= 0.6 is 0 Å². The maximum Gasteiger partial charge on any atom is 0.148 e. The first kappa shape index (κ1) is 15.2. The molecule has 23 heavy (non-hydrogen) atoms. The Labute approximate surface area is 135 Å². The molecule has 0 aliphatic carbocycles. The number of nitrogens with zero attached hydrogens (tertiary/aromatic N) is 3. The molecular formula is C18H19N3O2. The highest BCUT2D eigenvalue weighted by atomic mass is 16.5. The van der Waals surface area contributed by atoms with Crippen LogP contribution in [0.4, 0.5) is 0 Å². The van der Waals surface area contributed by atoms with Gasteiger partial charge in [0.15, 0.2) is 0 Å². The summed E-state index contributed by atoms with van der Waals surface area (Å²) in [6.45, 7) is 1.98. The number of methoxy groups -OCH3 is 2. The van der Waals surface area contributed by atoms with Gasteiger partial charge in [0.2, 0.25) is 0 Å². The molecule has 0 saturated carbocycles. The van der Waals surface area contributed by atoms with Gasteiger partial charge in [-0.15, -0.1) is 0 Å². The van der Waals surface area contributed by atoms with Crippen molar-refractivity contribution < 1.29 is 9.47 Å². The van der Waals surface area contributed by atoms with Crippen molar-refractivity contribution in [3.8, 4) is 11.5 Å². The van der Waals surface area contributed by atoms with Gasteiger partial charge in [0.05, 0.1) is 14.2 Å². The zero-order valence-electron chi connectivity index (χ0n) is 13.5. The minimum atomic E-state index is 0.704. The quantitative estimate of drug-likeness (QED) is 0.724. The highest BCUT2D eigenvalue weighted by Gasteiger charge is 2.12. The molecule has 0 N–H and O–H groups in total. The lowest BCUT2D eigenvalue weighted by Gasteiger charge is -2.11. The number of aromatic nitrogens is 3. The van der Waals surface area contributed by atoms with Crippen LogP contribution in [-0.2, 0) is 12.8 Å². The number of hydrogen-bond donors (Lipinski definition) is 0. The molecule has 1 aromatic carbocycles. The molecule has 2 heterocycles. The van der Waals surface area contributed by atoms with Crippen molar-refractivity contribution in [1.82, 2.24) is 15.0 Å². The lowest BCUT2D eigenvalue weighted by molar-refractivity contribution is 0.397. The molecule has 0 fully saturated rings. The normalized spacial score (nSPS) is 10.7. The lowest BCUT2D eigenvalue weighted by Crippen LogP contribution is -2.02. The Bertz CT molecular complexity index is 819. The van der Waals surface area contributed by atoms with Gasteiger partial charge in [-0.25, -0.2) is 9.97 Å². The molecule has 3 aromatic rings. The molecule has 0 aliphatic heterocycles. The van der Waals surface area contributed by atoms with E-state index < -0.39 is 0 Å². The lowest BCUT2D eigenvalue weighted by atomic mass is 10.1. The molecule has 118 valence electrons. The monoisotopic (exact) mass is 309 g/mol. The molecule has 0 unspecified atom stereocenters. The van der Waals surface area contributed by atoms with Crippen molar-refractivity contribution in [2.75, 3.05) is 14.2 Å². The summed E-state index contributed by atoms with van der Waals surface area (Å²) >= 11 is 0. The van der Waals surface area contributed by atoms with Crippen molar-refractivity contribution in [3.05, 3.63) is 53.7 Å². The molecule has 0 atom stereocenters. The highest BCUT2D eigenvalue weighted by molar-refractivity contribution is 5.88. The van der Waals surface area contributed by atoms with E-state index in [-0.39, 0.29) is 0 Å². The van der Waals surface area contributed by atoms with Crippen LogP contribution in [0, 0.1) is 6.92 Å². The summed E-state index contributed by atoms with van der Waals surface area (Å²) in [7, 11) is 3.28. The Morgan fingerprint density at radius 3 is 2.43 bits per heavy atom. The second-order valence-electron chi connectivity index (χ2n) is 5.31. The van der Waals surface area contributed by atoms with E-state index in [0.29, 0.717) is 5.75 Å². The van der Waals surface area contributed by atoms with E-state index in [1.807, 2.05) is 31.2 Å². The van der Waals surface area contributed by atoms with Crippen molar-refractivity contribution >= 4 is 10.9 Å². The number of hydrogen-bond acceptors (Lipinski definition) is 5. The van der Waals surface area contributed by atoms with E-state index in [2.05, 4.69) is 9.97 Å². The molecule has 5 nitrogen and oxygen atoms in total. The van der Waals surface area contributed by atoms with E-state index in [4.69, 9.17) is 14.5 Å². The van der Waals surface area contributed by atoms with Gasteiger partial charge < -0.3 is 9.47 Å². The van der Waals surface area contributed by atoms with Gasteiger partial charge in [0.1, 0.15) is 22.8 Å². The predicted molar refractivity (Wildman–Crippen MR) is 89.0 cm³/mol. The summed E-state index contributed by atoms with van der Waals surface area (Å²) in [6.07, 6.45) is 5.26. The fraction of sp³-hybridized carbons (Fsp3) is 0.278. The van der Waals surface area contributed by atoms with Crippen LogP contribution in [0.1, 0.15) is 17.1 Å². The second kappa shape index (κ2) is 6.60. The number of benzene rings is 1. The molecule has 0 aliphatic rings. The van der Waals surface area contributed by atoms with E-state index >= 15 is 0 Å². The average Bonchev–Trinajstić information content (AvgIpc) is 2.60. The predicted octanol–water partition coefficient (Wildman–Crippen LogP) is 3.14. The second-order valence-corrected chi connectivity index (χ2v) is 5.31. The molecule has 0 bridgehead atoms. The SMILES string of the molecule is COc1cc(OC)c2nc(CCc3ccncc3)nc(C)c2c1. The molecule has 0 spiro atoms. The van der Waals surface area contributed by atoms with Crippen molar-refractivity contribution in [1.29, 1.82) is 0 Å². The third kappa shape index (κ3) is 3.23. The van der Waals surface area contributed by atoms with Gasteiger partial charge >= 0.3 is 0 Å². The molecule has 5 heteroatoms. The summed E-state index contributed by atoms with van der Waals surface area (Å²) in [4.78, 5) is 13.4. The summed E-state index contributed by atoms with van der Waals surface area (Å²) in [6, 6.07) is 7.82. The minimum Gasteiger partial charge on any atom is -0.497 e. The van der Waals surface area contributed by atoms with Gasteiger partial charge in [0, 0.05) is 36.0 Å². The highest BCUT2D eigenvalue weighted by Crippen LogP contribution is 2.31. The van der Waals surface area contributed by atoms with Gasteiger partial charge in [-0.05, 0) is 37.1 Å². The Hall–Kier alpha value is -2.69. The molecule has 0 radical (unpaired) electrons. The topological polar surface area (TPSA) is 57.1 Å². The molecule has 2 aromatic heterocycles. The third-order valence-electron chi connectivity index (χ3n) is 3.82. The van der Waals surface area contributed by atoms with E-state index in [9.17, 15) is 0 Å². The van der Waals surface area contributed by atoms with Crippen LogP contribution in [0.25, 0.3) is 10.9 Å². The smallest absolute Gasteiger partial charge is 0.148 e. The fourth-order valence-corrected chi connectivity index (χ4v) is 2.57. The third-order valence-corrected chi connectivity index (χ3v) is 3.82. The Balaban J connectivity index is 1.96. The van der Waals surface area contributed by atoms with E-state index in [1.165, 1.54) is 5.56 Å². The van der Waals surface area contributed by atoms with Crippen LogP contribution in [0.15, 0.2) is 36.7 Å². The molecule has 3 rings (SSSR count). The standard InChI is InChI=1S/C18H19N3O2/c1-12-15-10-14(22-2)11-16(23-3)18(15)21-17(20-12)5-4-13-6-8-19-9-7-13/h6-11H,4-5H2,1-3H3. The Kier molecular flexibility index (Phi) is 4.37. The largest absolute Gasteiger partial charge is 0.497 e. The fourth-order valence-electron chi connectivity index (χ4n) is 2.57. The van der Waals surface area contributed by atoms with Crippen LogP contribution in [0.3, 0.4) is 0 Å². The summed E-state index contributed by atoms with van der Waals surface area (Å²) in [5.74, 6) is 2.26. The first-order chi connectivity index (χ1) is 11.2. The molecule has 0 saturated heterocycles. The number of pyridine rings is 1. The van der Waals surface area contributed by atoms with E-state index in [1.54, 1.807) is 26.6 Å². The molecular weight excluding hydrogens is 290 g/mol. The van der Waals surface area contributed by atoms with Crippen LogP contribution in [0.5, 0.6) is 11.5 Å². The summed E-state index contributed by atoms with van der Waals surface area (Å²) in [5, 5.41) is 0.953. The van der Waals surface area contributed by atoms with Gasteiger partial charge in [-0.3, -0.25) is 4.98 Å². The van der Waals surface area contributed by atoms with Crippen LogP contribution in [-0.4, -0.2) is 29.2 Å². The zero-order chi connectivity index (χ0) is 16.2. The van der Waals surface area contributed by atoms with E-state index in [0.717, 1.165) is 41.0 Å². The maximum absolute atomic E-state index is 5.46. The number of ether oxygens (including phenoxy) is 2. The summed E-state index contributed by atoms with van der Waals surface area (Å²) < 4.78 is 10.8. The van der Waals surface area contributed by atoms with Crippen molar-refractivity contribution in [2.45, 2.75) is 19.8 Å². The minimum absolute atomic E-state index is 0.704. The number of fused-ring (bicyclic) bond motifs is 1. The van der Waals surface area contributed by atoms with Gasteiger partial charge in [-0.2, -0.15) is 0 Å². The maximum atomic E-state index is 5.46. The average molecular weight is 309 g/mol. The van der Waals surface area contributed by atoms with Crippen molar-refractivity contribution in [2.24, 2.45) is 0 Å². The van der Waals surface area contributed by atoms with Crippen LogP contribution < -0.4 is 9.47 Å². The molecule has 0 amide bonds. The van der Waals surface area contributed by atoms with Gasteiger partial charge in [-0.1, -0.05) is 0 Å². The number of rotatable bonds is 5. The summed E-state index contributed by atoms with van der Waals surface area (Å²) in [5.41, 5.74) is 2.98. The van der Waals surface area contributed by atoms with Gasteiger partial charge in [0.25, 0.3) is 0 Å². The van der Waals surface area contributed by atoms with Crippen LogP contribution in [0.2, 0.25) is 0 Å². The van der Waals surface area contributed by atoms with Crippen molar-refractivity contribution in [3.63, 3.8) is 0 Å². The Morgan fingerprint density at radius 2 is 1.74 bits per heavy atom. The number of aryl methyl sites for hydroxylation is 3. The Morgan fingerprint density at radius 1 is 0.957 bits per heavy atom. The first-order valence-electron chi connectivity index (χ1n) is 7.49.